The fourth-order valence-electron chi connectivity index (χ4n) is 4.53. The third-order valence-corrected chi connectivity index (χ3v) is 8.60. The summed E-state index contributed by atoms with van der Waals surface area (Å²) in [6.45, 7) is 4.68. The maximum absolute atomic E-state index is 14.1. The standard InChI is InChI=1S/C30H36N4O8S/c1-6-27(30(36)31-7-2)32(19-22-9-8-10-25(17-22)42-5)29(35)20-33(23-12-14-24(41-4)15-13-23)43(39,40)26-16-11-21(3)28(18-26)34(37)38/h8-18,27H,6-7,19-20H2,1-5H3,(H,31,36)/t27-/m0/s1. The van der Waals surface area contributed by atoms with Gasteiger partial charge in [-0.3, -0.25) is 24.0 Å². The van der Waals surface area contributed by atoms with Gasteiger partial charge in [0.2, 0.25) is 11.8 Å². The predicted molar refractivity (Wildman–Crippen MR) is 162 cm³/mol. The van der Waals surface area contributed by atoms with Crippen molar-refractivity contribution in [3.63, 3.8) is 0 Å². The second kappa shape index (κ2) is 14.5. The second-order valence-electron chi connectivity index (χ2n) is 9.61. The molecule has 0 spiro atoms. The van der Waals surface area contributed by atoms with Gasteiger partial charge in [0.25, 0.3) is 15.7 Å². The number of sulfonamides is 1. The Morgan fingerprint density at radius 3 is 2.23 bits per heavy atom. The van der Waals surface area contributed by atoms with Crippen molar-refractivity contribution in [3.8, 4) is 11.5 Å². The first-order valence-electron chi connectivity index (χ1n) is 13.6. The summed E-state index contributed by atoms with van der Waals surface area (Å²) < 4.78 is 39.5. The fraction of sp³-hybridized carbons (Fsp3) is 0.333. The Hall–Kier alpha value is -4.65. The van der Waals surface area contributed by atoms with E-state index in [2.05, 4.69) is 5.32 Å². The Morgan fingerprint density at radius 2 is 1.65 bits per heavy atom. The molecule has 43 heavy (non-hydrogen) atoms. The number of nitro groups is 1. The molecule has 0 radical (unpaired) electrons. The molecule has 0 bridgehead atoms. The minimum Gasteiger partial charge on any atom is -0.497 e. The number of aryl methyl sites for hydroxylation is 1. The second-order valence-corrected chi connectivity index (χ2v) is 11.5. The predicted octanol–water partition coefficient (Wildman–Crippen LogP) is 4.06. The Balaban J connectivity index is 2.12. The van der Waals surface area contributed by atoms with E-state index >= 15 is 0 Å². The van der Waals surface area contributed by atoms with Crippen molar-refractivity contribution in [1.29, 1.82) is 0 Å². The van der Waals surface area contributed by atoms with Gasteiger partial charge in [-0.1, -0.05) is 25.1 Å². The highest BCUT2D eigenvalue weighted by Crippen LogP contribution is 2.30. The van der Waals surface area contributed by atoms with Crippen molar-refractivity contribution in [2.75, 3.05) is 31.6 Å². The molecule has 3 rings (SSSR count). The number of nitro benzene ring substituents is 1. The molecule has 1 atom stereocenters. The Kier molecular flexibility index (Phi) is 11.1. The van der Waals surface area contributed by atoms with E-state index in [0.717, 1.165) is 10.4 Å². The molecule has 0 unspecified atom stereocenters. The van der Waals surface area contributed by atoms with E-state index in [9.17, 15) is 28.1 Å². The third kappa shape index (κ3) is 7.80. The average molecular weight is 613 g/mol. The lowest BCUT2D eigenvalue weighted by Gasteiger charge is -2.33. The summed E-state index contributed by atoms with van der Waals surface area (Å²) in [6, 6.07) is 15.7. The number of methoxy groups -OCH3 is 2. The summed E-state index contributed by atoms with van der Waals surface area (Å²) in [5.74, 6) is -0.0177. The maximum Gasteiger partial charge on any atom is 0.273 e. The maximum atomic E-state index is 14.1. The summed E-state index contributed by atoms with van der Waals surface area (Å²) in [6.07, 6.45) is 0.265. The van der Waals surface area contributed by atoms with Crippen LogP contribution in [-0.4, -0.2) is 63.4 Å². The average Bonchev–Trinajstić information content (AvgIpc) is 2.99. The molecule has 0 saturated carbocycles. The first-order valence-corrected chi connectivity index (χ1v) is 15.0. The Morgan fingerprint density at radius 1 is 0.977 bits per heavy atom. The van der Waals surface area contributed by atoms with Crippen LogP contribution in [0.15, 0.2) is 71.6 Å². The van der Waals surface area contributed by atoms with E-state index in [-0.39, 0.29) is 40.7 Å². The van der Waals surface area contributed by atoms with Gasteiger partial charge in [-0.15, -0.1) is 0 Å². The number of hydrogen-bond donors (Lipinski definition) is 1. The smallest absolute Gasteiger partial charge is 0.273 e. The summed E-state index contributed by atoms with van der Waals surface area (Å²) in [4.78, 5) is 39.1. The minimum atomic E-state index is -4.50. The van der Waals surface area contributed by atoms with E-state index in [1.165, 1.54) is 62.4 Å². The van der Waals surface area contributed by atoms with Crippen LogP contribution in [0.25, 0.3) is 0 Å². The van der Waals surface area contributed by atoms with Crippen molar-refractivity contribution in [3.05, 3.63) is 88.0 Å². The molecule has 1 N–H and O–H groups in total. The van der Waals surface area contributed by atoms with Gasteiger partial charge in [0.1, 0.15) is 24.1 Å². The summed E-state index contributed by atoms with van der Waals surface area (Å²) in [5, 5.41) is 14.3. The Labute approximate surface area is 251 Å². The van der Waals surface area contributed by atoms with Crippen LogP contribution in [0.5, 0.6) is 11.5 Å². The van der Waals surface area contributed by atoms with E-state index in [1.807, 2.05) is 0 Å². The van der Waals surface area contributed by atoms with Gasteiger partial charge in [-0.05, 0) is 68.3 Å². The van der Waals surface area contributed by atoms with Gasteiger partial charge in [-0.25, -0.2) is 8.42 Å². The number of likely N-dealkylation sites (N-methyl/N-ethyl adjacent to an activating group) is 1. The van der Waals surface area contributed by atoms with Crippen LogP contribution >= 0.6 is 0 Å². The monoisotopic (exact) mass is 612 g/mol. The summed E-state index contributed by atoms with van der Waals surface area (Å²) >= 11 is 0. The van der Waals surface area contributed by atoms with Crippen LogP contribution in [0.4, 0.5) is 11.4 Å². The zero-order valence-electron chi connectivity index (χ0n) is 24.8. The molecule has 0 aliphatic rings. The Bertz CT molecular complexity index is 1560. The number of amides is 2. The highest BCUT2D eigenvalue weighted by atomic mass is 32.2. The van der Waals surface area contributed by atoms with Gasteiger partial charge < -0.3 is 19.7 Å². The number of benzene rings is 3. The first kappa shape index (κ1) is 32.9. The zero-order chi connectivity index (χ0) is 31.7. The first-order chi connectivity index (χ1) is 20.5. The molecule has 0 heterocycles. The highest BCUT2D eigenvalue weighted by molar-refractivity contribution is 7.92. The lowest BCUT2D eigenvalue weighted by atomic mass is 10.1. The molecule has 0 aromatic heterocycles. The van der Waals surface area contributed by atoms with Gasteiger partial charge in [-0.2, -0.15) is 0 Å². The summed E-state index contributed by atoms with van der Waals surface area (Å²) in [7, 11) is -1.53. The van der Waals surface area contributed by atoms with Crippen LogP contribution in [0.2, 0.25) is 0 Å². The van der Waals surface area contributed by atoms with E-state index in [0.29, 0.717) is 23.6 Å². The quantitative estimate of drug-likeness (QED) is 0.212. The number of nitrogens with one attached hydrogen (secondary N) is 1. The van der Waals surface area contributed by atoms with Crippen LogP contribution in [0, 0.1) is 17.0 Å². The van der Waals surface area contributed by atoms with Gasteiger partial charge >= 0.3 is 0 Å². The molecule has 12 nitrogen and oxygen atoms in total. The number of hydrogen-bond acceptors (Lipinski definition) is 8. The molecular weight excluding hydrogens is 576 g/mol. The van der Waals surface area contributed by atoms with Crippen molar-refractivity contribution in [1.82, 2.24) is 10.2 Å². The number of carbonyl (C=O) groups excluding carboxylic acids is 2. The lowest BCUT2D eigenvalue weighted by molar-refractivity contribution is -0.385. The molecule has 2 amide bonds. The summed E-state index contributed by atoms with van der Waals surface area (Å²) in [5.41, 5.74) is 0.713. The van der Waals surface area contributed by atoms with Crippen LogP contribution in [0.1, 0.15) is 31.4 Å². The number of ether oxygens (including phenoxy) is 2. The SMILES string of the molecule is CCNC(=O)[C@H](CC)N(Cc1cccc(OC)c1)C(=O)CN(c1ccc(OC)cc1)S(=O)(=O)c1ccc(C)c([N+](=O)[O-])c1. The number of rotatable bonds is 14. The molecule has 0 saturated heterocycles. The van der Waals surface area contributed by atoms with Gasteiger partial charge in [0, 0.05) is 24.7 Å². The number of carbonyl (C=O) groups is 2. The lowest BCUT2D eigenvalue weighted by Crippen LogP contribution is -2.52. The molecule has 0 aliphatic carbocycles. The van der Waals surface area contributed by atoms with Crippen molar-refractivity contribution >= 4 is 33.2 Å². The molecule has 3 aromatic carbocycles. The largest absolute Gasteiger partial charge is 0.497 e. The third-order valence-electron chi connectivity index (χ3n) is 6.83. The molecule has 230 valence electrons. The number of nitrogens with zero attached hydrogens (tertiary/aromatic N) is 3. The molecule has 0 aliphatic heterocycles. The van der Waals surface area contributed by atoms with Crippen LogP contribution in [0.3, 0.4) is 0 Å². The molecule has 0 fully saturated rings. The molecule has 3 aromatic rings. The van der Waals surface area contributed by atoms with E-state index in [4.69, 9.17) is 9.47 Å². The van der Waals surface area contributed by atoms with Crippen molar-refractivity contribution < 1.29 is 32.4 Å². The van der Waals surface area contributed by atoms with Crippen LogP contribution < -0.4 is 19.1 Å². The highest BCUT2D eigenvalue weighted by Gasteiger charge is 2.34. The van der Waals surface area contributed by atoms with E-state index in [1.54, 1.807) is 38.1 Å². The van der Waals surface area contributed by atoms with E-state index < -0.39 is 33.4 Å². The minimum absolute atomic E-state index is 0.00181. The topological polar surface area (TPSA) is 148 Å². The van der Waals surface area contributed by atoms with Crippen molar-refractivity contribution in [2.24, 2.45) is 0 Å². The van der Waals surface area contributed by atoms with Gasteiger partial charge in [0.15, 0.2) is 0 Å². The fourth-order valence-corrected chi connectivity index (χ4v) is 5.96. The molecule has 13 heteroatoms. The molecular formula is C30H36N4O8S. The normalized spacial score (nSPS) is 11.7. The van der Waals surface area contributed by atoms with Crippen molar-refractivity contribution in [2.45, 2.75) is 44.7 Å². The van der Waals surface area contributed by atoms with Gasteiger partial charge in [0.05, 0.1) is 29.7 Å². The zero-order valence-corrected chi connectivity index (χ0v) is 25.6. The number of anilines is 1. The van der Waals surface area contributed by atoms with Crippen LogP contribution in [-0.2, 0) is 26.2 Å².